The van der Waals surface area contributed by atoms with Gasteiger partial charge in [0.25, 0.3) is 0 Å². The smallest absolute Gasteiger partial charge is 0.213 e. The standard InChI is InChI=1S/C9H11Cl2NO/c1-6(2)13-9-4-3-7(11)8(5-10)12-9/h3-4,6H,5H2,1-2H3. The Bertz CT molecular complexity index is 289. The first kappa shape index (κ1) is 10.6. The third-order valence-corrected chi connectivity index (χ3v) is 1.97. The zero-order chi connectivity index (χ0) is 9.84. The molecule has 0 unspecified atom stereocenters. The zero-order valence-corrected chi connectivity index (χ0v) is 9.06. The largest absolute Gasteiger partial charge is 0.475 e. The molecule has 0 spiro atoms. The Kier molecular flexibility index (Phi) is 3.82. The Morgan fingerprint density at radius 3 is 2.69 bits per heavy atom. The van der Waals surface area contributed by atoms with Gasteiger partial charge in [-0.15, -0.1) is 11.6 Å². The molecule has 0 saturated heterocycles. The lowest BCUT2D eigenvalue weighted by molar-refractivity contribution is 0.232. The van der Waals surface area contributed by atoms with Crippen LogP contribution >= 0.6 is 23.2 Å². The van der Waals surface area contributed by atoms with E-state index in [0.717, 1.165) is 0 Å². The summed E-state index contributed by atoms with van der Waals surface area (Å²) in [5.74, 6) is 0.865. The van der Waals surface area contributed by atoms with E-state index in [1.807, 2.05) is 13.8 Å². The molecule has 2 nitrogen and oxygen atoms in total. The van der Waals surface area contributed by atoms with Crippen molar-refractivity contribution in [2.75, 3.05) is 0 Å². The molecule has 1 rings (SSSR count). The summed E-state index contributed by atoms with van der Waals surface area (Å²) in [6.45, 7) is 3.88. The molecule has 0 radical (unpaired) electrons. The van der Waals surface area contributed by atoms with Crippen molar-refractivity contribution in [1.29, 1.82) is 0 Å². The average Bonchev–Trinajstić information content (AvgIpc) is 2.07. The van der Waals surface area contributed by atoms with Gasteiger partial charge in [0, 0.05) is 6.07 Å². The van der Waals surface area contributed by atoms with Crippen molar-refractivity contribution in [2.24, 2.45) is 0 Å². The van der Waals surface area contributed by atoms with E-state index in [9.17, 15) is 0 Å². The molecule has 0 bridgehead atoms. The van der Waals surface area contributed by atoms with E-state index in [0.29, 0.717) is 22.5 Å². The summed E-state index contributed by atoms with van der Waals surface area (Å²) in [6.07, 6.45) is 0.108. The summed E-state index contributed by atoms with van der Waals surface area (Å²) in [7, 11) is 0. The van der Waals surface area contributed by atoms with Crippen LogP contribution < -0.4 is 4.74 Å². The highest BCUT2D eigenvalue weighted by molar-refractivity contribution is 6.32. The first-order valence-corrected chi connectivity index (χ1v) is 4.92. The Balaban J connectivity index is 2.86. The topological polar surface area (TPSA) is 22.1 Å². The first-order valence-electron chi connectivity index (χ1n) is 4.01. The van der Waals surface area contributed by atoms with Crippen LogP contribution in [0.2, 0.25) is 5.02 Å². The van der Waals surface area contributed by atoms with Gasteiger partial charge in [-0.1, -0.05) is 11.6 Å². The second-order valence-corrected chi connectivity index (χ2v) is 3.55. The Labute approximate surface area is 87.8 Å². The number of rotatable bonds is 3. The highest BCUT2D eigenvalue weighted by atomic mass is 35.5. The van der Waals surface area contributed by atoms with Crippen LogP contribution in [-0.2, 0) is 5.88 Å². The van der Waals surface area contributed by atoms with Crippen molar-refractivity contribution in [3.63, 3.8) is 0 Å². The third-order valence-electron chi connectivity index (χ3n) is 1.38. The second-order valence-electron chi connectivity index (χ2n) is 2.88. The molecule has 0 saturated carbocycles. The minimum atomic E-state index is 0.108. The summed E-state index contributed by atoms with van der Waals surface area (Å²) in [5, 5.41) is 0.575. The van der Waals surface area contributed by atoms with E-state index < -0.39 is 0 Å². The number of hydrogen-bond acceptors (Lipinski definition) is 2. The maximum Gasteiger partial charge on any atom is 0.213 e. The Morgan fingerprint density at radius 2 is 2.15 bits per heavy atom. The van der Waals surface area contributed by atoms with Gasteiger partial charge in [-0.05, 0) is 19.9 Å². The second kappa shape index (κ2) is 4.68. The van der Waals surface area contributed by atoms with Crippen LogP contribution in [0.1, 0.15) is 19.5 Å². The number of aromatic nitrogens is 1. The zero-order valence-electron chi connectivity index (χ0n) is 7.55. The van der Waals surface area contributed by atoms with E-state index in [1.165, 1.54) is 0 Å². The number of ether oxygens (including phenoxy) is 1. The fraction of sp³-hybridized carbons (Fsp3) is 0.444. The fourth-order valence-electron chi connectivity index (χ4n) is 0.865. The molecular formula is C9H11Cl2NO. The molecule has 0 aliphatic carbocycles. The van der Waals surface area contributed by atoms with Crippen molar-refractivity contribution >= 4 is 23.2 Å². The molecule has 72 valence electrons. The number of halogens is 2. The highest BCUT2D eigenvalue weighted by Crippen LogP contribution is 2.19. The van der Waals surface area contributed by atoms with Gasteiger partial charge in [0.1, 0.15) is 0 Å². The summed E-state index contributed by atoms with van der Waals surface area (Å²) in [4.78, 5) is 4.14. The minimum absolute atomic E-state index is 0.108. The summed E-state index contributed by atoms with van der Waals surface area (Å²) in [5.41, 5.74) is 0.654. The molecule has 0 atom stereocenters. The van der Waals surface area contributed by atoms with E-state index in [4.69, 9.17) is 27.9 Å². The average molecular weight is 220 g/mol. The summed E-state index contributed by atoms with van der Waals surface area (Å²) >= 11 is 11.5. The molecule has 4 heteroatoms. The highest BCUT2D eigenvalue weighted by Gasteiger charge is 2.04. The molecule has 0 amide bonds. The van der Waals surface area contributed by atoms with Crippen LogP contribution in [0, 0.1) is 0 Å². The van der Waals surface area contributed by atoms with Crippen LogP contribution in [0.15, 0.2) is 12.1 Å². The summed E-state index contributed by atoms with van der Waals surface area (Å²) in [6, 6.07) is 3.47. The van der Waals surface area contributed by atoms with E-state index in [2.05, 4.69) is 4.98 Å². The third kappa shape index (κ3) is 3.05. The number of hydrogen-bond donors (Lipinski definition) is 0. The van der Waals surface area contributed by atoms with Crippen molar-refractivity contribution in [3.8, 4) is 5.88 Å². The summed E-state index contributed by atoms with van der Waals surface area (Å²) < 4.78 is 5.38. The molecule has 1 aromatic rings. The van der Waals surface area contributed by atoms with E-state index in [-0.39, 0.29) is 6.10 Å². The maximum atomic E-state index is 5.83. The molecule has 1 heterocycles. The van der Waals surface area contributed by atoms with Gasteiger partial charge in [0.15, 0.2) is 0 Å². The van der Waals surface area contributed by atoms with Gasteiger partial charge in [0.05, 0.1) is 22.7 Å². The maximum absolute atomic E-state index is 5.83. The van der Waals surface area contributed by atoms with Crippen molar-refractivity contribution in [3.05, 3.63) is 22.8 Å². The fourth-order valence-corrected chi connectivity index (χ4v) is 1.31. The lowest BCUT2D eigenvalue weighted by Gasteiger charge is -2.09. The van der Waals surface area contributed by atoms with Crippen LogP contribution in [-0.4, -0.2) is 11.1 Å². The SMILES string of the molecule is CC(C)Oc1ccc(Cl)c(CCl)n1. The monoisotopic (exact) mass is 219 g/mol. The van der Waals surface area contributed by atoms with E-state index >= 15 is 0 Å². The van der Waals surface area contributed by atoms with Gasteiger partial charge >= 0.3 is 0 Å². The quantitative estimate of drug-likeness (QED) is 0.729. The molecule has 0 aromatic carbocycles. The van der Waals surface area contributed by atoms with Crippen molar-refractivity contribution < 1.29 is 4.74 Å². The van der Waals surface area contributed by atoms with Crippen LogP contribution in [0.5, 0.6) is 5.88 Å². The molecule has 1 aromatic heterocycles. The Morgan fingerprint density at radius 1 is 1.46 bits per heavy atom. The lowest BCUT2D eigenvalue weighted by Crippen LogP contribution is -2.07. The van der Waals surface area contributed by atoms with Crippen molar-refractivity contribution in [1.82, 2.24) is 4.98 Å². The normalized spacial score (nSPS) is 10.5. The van der Waals surface area contributed by atoms with Crippen molar-refractivity contribution in [2.45, 2.75) is 25.8 Å². The predicted molar refractivity (Wildman–Crippen MR) is 54.6 cm³/mol. The molecule has 0 aliphatic heterocycles. The number of nitrogens with zero attached hydrogens (tertiary/aromatic N) is 1. The van der Waals surface area contributed by atoms with Gasteiger partial charge in [-0.25, -0.2) is 4.98 Å². The number of alkyl halides is 1. The Hall–Kier alpha value is -0.470. The van der Waals surface area contributed by atoms with Gasteiger partial charge in [-0.3, -0.25) is 0 Å². The molecule has 0 aliphatic rings. The van der Waals surface area contributed by atoms with Gasteiger partial charge < -0.3 is 4.74 Å². The minimum Gasteiger partial charge on any atom is -0.475 e. The molecule has 13 heavy (non-hydrogen) atoms. The number of pyridine rings is 1. The molecule has 0 fully saturated rings. The van der Waals surface area contributed by atoms with Crippen LogP contribution in [0.4, 0.5) is 0 Å². The van der Waals surface area contributed by atoms with Gasteiger partial charge in [0.2, 0.25) is 5.88 Å². The first-order chi connectivity index (χ1) is 6.13. The van der Waals surface area contributed by atoms with Gasteiger partial charge in [-0.2, -0.15) is 0 Å². The van der Waals surface area contributed by atoms with Crippen LogP contribution in [0.25, 0.3) is 0 Å². The lowest BCUT2D eigenvalue weighted by atomic mass is 10.4. The molecule has 0 N–H and O–H groups in total. The van der Waals surface area contributed by atoms with Crippen LogP contribution in [0.3, 0.4) is 0 Å². The predicted octanol–water partition coefficient (Wildman–Crippen LogP) is 3.26. The molecular weight excluding hydrogens is 209 g/mol. The van der Waals surface area contributed by atoms with E-state index in [1.54, 1.807) is 12.1 Å².